The third-order valence-corrected chi connectivity index (χ3v) is 6.38. The second-order valence-electron chi connectivity index (χ2n) is 8.30. The smallest absolute Gasteiger partial charge is 0.277 e. The van der Waals surface area contributed by atoms with Crippen LogP contribution in [-0.2, 0) is 14.3 Å². The first-order valence-corrected chi connectivity index (χ1v) is 11.1. The molecule has 0 atom stereocenters. The highest BCUT2D eigenvalue weighted by atomic mass is 16.5. The minimum absolute atomic E-state index is 0.211. The number of benzene rings is 1. The molecule has 9 nitrogen and oxygen atoms in total. The fourth-order valence-electron chi connectivity index (χ4n) is 4.41. The Bertz CT molecular complexity index is 888. The Morgan fingerprint density at radius 3 is 2.22 bits per heavy atom. The van der Waals surface area contributed by atoms with Crippen molar-refractivity contribution in [2.75, 3.05) is 86.8 Å². The van der Waals surface area contributed by atoms with E-state index in [9.17, 15) is 9.59 Å². The molecule has 3 aliphatic rings. The summed E-state index contributed by atoms with van der Waals surface area (Å²) in [5.41, 5.74) is 1.61. The summed E-state index contributed by atoms with van der Waals surface area (Å²) in [6.07, 6.45) is 0. The molecule has 0 saturated carbocycles. The lowest BCUT2D eigenvalue weighted by atomic mass is 10.0. The molecule has 0 spiro atoms. The Morgan fingerprint density at radius 2 is 1.56 bits per heavy atom. The number of amides is 2. The largest absolute Gasteiger partial charge is 0.493 e. The van der Waals surface area contributed by atoms with Gasteiger partial charge in [-0.3, -0.25) is 19.4 Å². The Balaban J connectivity index is 1.65. The molecule has 0 unspecified atom stereocenters. The average molecular weight is 445 g/mol. The summed E-state index contributed by atoms with van der Waals surface area (Å²) in [6.45, 7) is 7.12. The third kappa shape index (κ3) is 4.46. The molecule has 2 saturated heterocycles. The van der Waals surface area contributed by atoms with Crippen LogP contribution in [0.1, 0.15) is 5.56 Å². The number of hydrogen-bond donors (Lipinski definition) is 0. The van der Waals surface area contributed by atoms with Crippen molar-refractivity contribution in [3.8, 4) is 11.5 Å². The Hall–Kier alpha value is -2.62. The lowest BCUT2D eigenvalue weighted by Gasteiger charge is -2.34. The third-order valence-electron chi connectivity index (χ3n) is 6.38. The molecule has 9 heteroatoms. The Kier molecular flexibility index (Phi) is 6.98. The Labute approximate surface area is 189 Å². The molecule has 2 amide bonds. The summed E-state index contributed by atoms with van der Waals surface area (Å²) < 4.78 is 16.2. The quantitative estimate of drug-likeness (QED) is 0.559. The lowest BCUT2D eigenvalue weighted by Crippen LogP contribution is -2.47. The highest BCUT2D eigenvalue weighted by Crippen LogP contribution is 2.36. The first-order valence-electron chi connectivity index (χ1n) is 11.1. The van der Waals surface area contributed by atoms with Crippen LogP contribution in [0.25, 0.3) is 5.57 Å². The number of hydrogen-bond acceptors (Lipinski definition) is 8. The minimum Gasteiger partial charge on any atom is -0.493 e. The van der Waals surface area contributed by atoms with Gasteiger partial charge in [-0.05, 0) is 24.7 Å². The average Bonchev–Trinajstić information content (AvgIpc) is 3.07. The number of methoxy groups -OCH3 is 2. The second kappa shape index (κ2) is 9.89. The van der Waals surface area contributed by atoms with Crippen molar-refractivity contribution in [1.29, 1.82) is 0 Å². The molecule has 174 valence electrons. The van der Waals surface area contributed by atoms with Crippen LogP contribution in [0.15, 0.2) is 23.9 Å². The van der Waals surface area contributed by atoms with E-state index in [-0.39, 0.29) is 11.8 Å². The number of imide groups is 1. The van der Waals surface area contributed by atoms with Crippen molar-refractivity contribution in [1.82, 2.24) is 19.6 Å². The van der Waals surface area contributed by atoms with E-state index in [2.05, 4.69) is 21.7 Å². The van der Waals surface area contributed by atoms with Crippen LogP contribution < -0.4 is 9.47 Å². The molecule has 1 aromatic carbocycles. The van der Waals surface area contributed by atoms with Gasteiger partial charge in [-0.15, -0.1) is 0 Å². The summed E-state index contributed by atoms with van der Waals surface area (Å²) >= 11 is 0. The summed E-state index contributed by atoms with van der Waals surface area (Å²) in [5.74, 6) is 0.656. The zero-order valence-electron chi connectivity index (χ0n) is 19.1. The zero-order chi connectivity index (χ0) is 22.7. The van der Waals surface area contributed by atoms with E-state index in [1.54, 1.807) is 26.4 Å². The van der Waals surface area contributed by atoms with Crippen molar-refractivity contribution < 1.29 is 23.8 Å². The summed E-state index contributed by atoms with van der Waals surface area (Å²) in [4.78, 5) is 35.0. The van der Waals surface area contributed by atoms with Crippen LogP contribution in [0.4, 0.5) is 0 Å². The molecule has 2 fully saturated rings. The van der Waals surface area contributed by atoms with Crippen molar-refractivity contribution in [2.24, 2.45) is 0 Å². The highest BCUT2D eigenvalue weighted by Gasteiger charge is 2.42. The molecule has 1 aromatic rings. The standard InChI is InChI=1S/C23H32N4O5/c1-24-6-9-26(10-7-24)21-20(17-4-5-18(30-2)19(16-17)31-3)22(28)27(23(21)29)11-8-25-12-14-32-15-13-25/h4-5,16H,6-15H2,1-3H3. The van der Waals surface area contributed by atoms with Crippen LogP contribution in [0.5, 0.6) is 11.5 Å². The van der Waals surface area contributed by atoms with Gasteiger partial charge in [0.25, 0.3) is 11.8 Å². The number of carbonyl (C=O) groups is 2. The molecule has 32 heavy (non-hydrogen) atoms. The maximum Gasteiger partial charge on any atom is 0.277 e. The van der Waals surface area contributed by atoms with Gasteiger partial charge < -0.3 is 24.0 Å². The van der Waals surface area contributed by atoms with Gasteiger partial charge in [0.1, 0.15) is 5.70 Å². The number of nitrogens with zero attached hydrogens (tertiary/aromatic N) is 4. The maximum absolute atomic E-state index is 13.6. The molecular weight excluding hydrogens is 412 g/mol. The topological polar surface area (TPSA) is 74.8 Å². The van der Waals surface area contributed by atoms with Crippen LogP contribution >= 0.6 is 0 Å². The van der Waals surface area contributed by atoms with E-state index in [4.69, 9.17) is 14.2 Å². The SMILES string of the molecule is COc1ccc(C2=C(N3CCN(C)CC3)C(=O)N(CCN3CCOCC3)C2=O)cc1OC. The van der Waals surface area contributed by atoms with Crippen LogP contribution in [0.3, 0.4) is 0 Å². The second-order valence-corrected chi connectivity index (χ2v) is 8.30. The van der Waals surface area contributed by atoms with Gasteiger partial charge >= 0.3 is 0 Å². The number of ether oxygens (including phenoxy) is 3. The number of morpholine rings is 1. The highest BCUT2D eigenvalue weighted by molar-refractivity contribution is 6.35. The first-order chi connectivity index (χ1) is 15.5. The number of rotatable bonds is 7. The first kappa shape index (κ1) is 22.6. The molecule has 4 rings (SSSR count). The van der Waals surface area contributed by atoms with E-state index < -0.39 is 0 Å². The predicted octanol–water partition coefficient (Wildman–Crippen LogP) is 0.363. The van der Waals surface area contributed by atoms with Gasteiger partial charge in [0, 0.05) is 52.4 Å². The molecule has 0 aliphatic carbocycles. The Morgan fingerprint density at radius 1 is 0.875 bits per heavy atom. The summed E-state index contributed by atoms with van der Waals surface area (Å²) in [7, 11) is 5.20. The van der Waals surface area contributed by atoms with Crippen LogP contribution in [0, 0.1) is 0 Å². The molecule has 0 bridgehead atoms. The minimum atomic E-state index is -0.246. The molecular formula is C23H32N4O5. The van der Waals surface area contributed by atoms with Gasteiger partial charge in [-0.1, -0.05) is 6.07 Å². The number of piperazine rings is 1. The molecule has 3 heterocycles. The van der Waals surface area contributed by atoms with Crippen molar-refractivity contribution >= 4 is 17.4 Å². The molecule has 0 aromatic heterocycles. The number of likely N-dealkylation sites (N-methyl/N-ethyl adjacent to an activating group) is 1. The van der Waals surface area contributed by atoms with E-state index >= 15 is 0 Å². The molecule has 3 aliphatic heterocycles. The van der Waals surface area contributed by atoms with Gasteiger partial charge in [-0.2, -0.15) is 0 Å². The predicted molar refractivity (Wildman–Crippen MR) is 120 cm³/mol. The van der Waals surface area contributed by atoms with Gasteiger partial charge in [0.15, 0.2) is 11.5 Å². The summed E-state index contributed by atoms with van der Waals surface area (Å²) in [6, 6.07) is 5.38. The fourth-order valence-corrected chi connectivity index (χ4v) is 4.41. The van der Waals surface area contributed by atoms with E-state index in [1.165, 1.54) is 4.90 Å². The van der Waals surface area contributed by atoms with Crippen molar-refractivity contribution in [2.45, 2.75) is 0 Å². The van der Waals surface area contributed by atoms with Gasteiger partial charge in [-0.25, -0.2) is 0 Å². The lowest BCUT2D eigenvalue weighted by molar-refractivity contribution is -0.138. The van der Waals surface area contributed by atoms with E-state index in [1.807, 2.05) is 6.07 Å². The van der Waals surface area contributed by atoms with E-state index in [0.29, 0.717) is 67.7 Å². The van der Waals surface area contributed by atoms with Crippen molar-refractivity contribution in [3.05, 3.63) is 29.5 Å². The fraction of sp³-hybridized carbons (Fsp3) is 0.565. The van der Waals surface area contributed by atoms with Gasteiger partial charge in [0.05, 0.1) is 33.0 Å². The molecule has 0 N–H and O–H groups in total. The number of carbonyl (C=O) groups excluding carboxylic acids is 2. The summed E-state index contributed by atoms with van der Waals surface area (Å²) in [5, 5.41) is 0. The monoisotopic (exact) mass is 444 g/mol. The van der Waals surface area contributed by atoms with Crippen molar-refractivity contribution in [3.63, 3.8) is 0 Å². The van der Waals surface area contributed by atoms with Crippen LogP contribution in [-0.4, -0.2) is 118 Å². The van der Waals surface area contributed by atoms with Gasteiger partial charge in [0.2, 0.25) is 0 Å². The normalized spacial score (nSPS) is 21.0. The van der Waals surface area contributed by atoms with E-state index in [0.717, 1.165) is 26.2 Å². The van der Waals surface area contributed by atoms with Crippen LogP contribution in [0.2, 0.25) is 0 Å². The zero-order valence-corrected chi connectivity index (χ0v) is 19.1. The molecule has 0 radical (unpaired) electrons. The maximum atomic E-state index is 13.6.